The quantitative estimate of drug-likeness (QED) is 0.494. The van der Waals surface area contributed by atoms with Crippen LogP contribution in [0.4, 0.5) is 22.7 Å². The number of piperidine rings is 1. The SMILES string of the molecule is CC(C)C(=O)N1CCN(c2ccc(NC(=O)c3ccc(N4CCCCC4)c([N+](=O)[O-])c3)cc2)CC1. The van der Waals surface area contributed by atoms with Gasteiger partial charge in [0.25, 0.3) is 11.6 Å². The van der Waals surface area contributed by atoms with E-state index in [0.29, 0.717) is 24.5 Å². The van der Waals surface area contributed by atoms with Gasteiger partial charge in [-0.05, 0) is 55.7 Å². The summed E-state index contributed by atoms with van der Waals surface area (Å²) in [4.78, 5) is 42.5. The molecule has 9 nitrogen and oxygen atoms in total. The summed E-state index contributed by atoms with van der Waals surface area (Å²) in [7, 11) is 0. The van der Waals surface area contributed by atoms with Crippen LogP contribution in [-0.2, 0) is 4.79 Å². The summed E-state index contributed by atoms with van der Waals surface area (Å²) in [6.07, 6.45) is 3.17. The number of carbonyl (C=O) groups is 2. The first-order chi connectivity index (χ1) is 16.8. The second-order valence-electron chi connectivity index (χ2n) is 9.48. The maximum absolute atomic E-state index is 12.8. The highest BCUT2D eigenvalue weighted by Gasteiger charge is 2.24. The second-order valence-corrected chi connectivity index (χ2v) is 9.48. The predicted molar refractivity (Wildman–Crippen MR) is 137 cm³/mol. The van der Waals surface area contributed by atoms with E-state index in [1.165, 1.54) is 6.07 Å². The van der Waals surface area contributed by atoms with Gasteiger partial charge < -0.3 is 20.0 Å². The number of nitrogens with zero attached hydrogens (tertiary/aromatic N) is 4. The minimum absolute atomic E-state index is 0.00634. The Balaban J connectivity index is 1.39. The van der Waals surface area contributed by atoms with Crippen molar-refractivity contribution in [2.45, 2.75) is 33.1 Å². The molecule has 0 atom stereocenters. The topological polar surface area (TPSA) is 99.0 Å². The summed E-state index contributed by atoms with van der Waals surface area (Å²) in [5.74, 6) is -0.189. The zero-order chi connectivity index (χ0) is 24.9. The van der Waals surface area contributed by atoms with Gasteiger partial charge in [-0.25, -0.2) is 0 Å². The van der Waals surface area contributed by atoms with Crippen molar-refractivity contribution in [1.82, 2.24) is 4.90 Å². The van der Waals surface area contributed by atoms with E-state index in [-0.39, 0.29) is 29.0 Å². The van der Waals surface area contributed by atoms with Crippen LogP contribution in [0.5, 0.6) is 0 Å². The lowest BCUT2D eigenvalue weighted by Gasteiger charge is -2.37. The van der Waals surface area contributed by atoms with Gasteiger partial charge in [0.15, 0.2) is 0 Å². The van der Waals surface area contributed by atoms with Crippen molar-refractivity contribution in [3.8, 4) is 0 Å². The van der Waals surface area contributed by atoms with Crippen molar-refractivity contribution in [2.75, 3.05) is 54.4 Å². The second kappa shape index (κ2) is 10.8. The molecule has 4 rings (SSSR count). The minimum atomic E-state index is -0.413. The van der Waals surface area contributed by atoms with Crippen LogP contribution in [0.2, 0.25) is 0 Å². The number of hydrogen-bond acceptors (Lipinski definition) is 6. The molecule has 0 aliphatic carbocycles. The van der Waals surface area contributed by atoms with Crippen LogP contribution in [0.25, 0.3) is 0 Å². The number of nitro groups is 1. The van der Waals surface area contributed by atoms with E-state index in [2.05, 4.69) is 10.2 Å². The Morgan fingerprint density at radius 3 is 2.14 bits per heavy atom. The molecule has 2 aromatic carbocycles. The number of benzene rings is 2. The summed E-state index contributed by atoms with van der Waals surface area (Å²) in [6.45, 7) is 8.34. The Labute approximate surface area is 205 Å². The molecule has 0 unspecified atom stereocenters. The number of amides is 2. The van der Waals surface area contributed by atoms with Crippen molar-refractivity contribution < 1.29 is 14.5 Å². The first kappa shape index (κ1) is 24.5. The molecule has 0 aromatic heterocycles. The first-order valence-electron chi connectivity index (χ1n) is 12.3. The lowest BCUT2D eigenvalue weighted by Crippen LogP contribution is -2.49. The predicted octanol–water partition coefficient (Wildman–Crippen LogP) is 4.14. The van der Waals surface area contributed by atoms with Crippen LogP contribution >= 0.6 is 0 Å². The van der Waals surface area contributed by atoms with E-state index >= 15 is 0 Å². The van der Waals surface area contributed by atoms with Crippen molar-refractivity contribution >= 4 is 34.6 Å². The fourth-order valence-corrected chi connectivity index (χ4v) is 4.72. The lowest BCUT2D eigenvalue weighted by molar-refractivity contribution is -0.384. The molecule has 2 aliphatic heterocycles. The molecule has 2 saturated heterocycles. The molecule has 35 heavy (non-hydrogen) atoms. The smallest absolute Gasteiger partial charge is 0.293 e. The summed E-state index contributed by atoms with van der Waals surface area (Å²) in [5, 5.41) is 14.5. The van der Waals surface area contributed by atoms with Gasteiger partial charge in [0.2, 0.25) is 5.91 Å². The summed E-state index contributed by atoms with van der Waals surface area (Å²) in [6, 6.07) is 12.2. The highest BCUT2D eigenvalue weighted by atomic mass is 16.6. The summed E-state index contributed by atoms with van der Waals surface area (Å²) in [5.41, 5.74) is 2.44. The van der Waals surface area contributed by atoms with Crippen molar-refractivity contribution in [1.29, 1.82) is 0 Å². The van der Waals surface area contributed by atoms with Gasteiger partial charge in [-0.1, -0.05) is 13.8 Å². The van der Waals surface area contributed by atoms with Gasteiger partial charge in [-0.3, -0.25) is 19.7 Å². The maximum atomic E-state index is 12.8. The van der Waals surface area contributed by atoms with E-state index in [4.69, 9.17) is 0 Å². The fourth-order valence-electron chi connectivity index (χ4n) is 4.72. The van der Waals surface area contributed by atoms with E-state index < -0.39 is 4.92 Å². The number of rotatable bonds is 6. The van der Waals surface area contributed by atoms with Crippen molar-refractivity contribution in [2.24, 2.45) is 5.92 Å². The molecule has 2 aliphatic rings. The van der Waals surface area contributed by atoms with Gasteiger partial charge in [0.1, 0.15) is 5.69 Å². The Kier molecular flexibility index (Phi) is 7.53. The largest absolute Gasteiger partial charge is 0.368 e. The van der Waals surface area contributed by atoms with E-state index in [1.807, 2.05) is 47.9 Å². The fraction of sp³-hybridized carbons (Fsp3) is 0.462. The number of nitro benzene ring substituents is 1. The average molecular weight is 480 g/mol. The number of nitrogens with one attached hydrogen (secondary N) is 1. The number of anilines is 3. The third-order valence-electron chi connectivity index (χ3n) is 6.71. The van der Waals surface area contributed by atoms with E-state index in [9.17, 15) is 19.7 Å². The van der Waals surface area contributed by atoms with Crippen LogP contribution in [0.15, 0.2) is 42.5 Å². The molecular formula is C26H33N5O4. The molecule has 0 spiro atoms. The van der Waals surface area contributed by atoms with E-state index in [0.717, 1.165) is 51.1 Å². The van der Waals surface area contributed by atoms with Crippen molar-refractivity contribution in [3.05, 3.63) is 58.1 Å². The Hall–Kier alpha value is -3.62. The zero-order valence-electron chi connectivity index (χ0n) is 20.4. The number of piperazine rings is 1. The Morgan fingerprint density at radius 2 is 1.54 bits per heavy atom. The van der Waals surface area contributed by atoms with Gasteiger partial charge in [0, 0.05) is 68.2 Å². The Bertz CT molecular complexity index is 1070. The molecule has 2 heterocycles. The van der Waals surface area contributed by atoms with E-state index in [1.54, 1.807) is 12.1 Å². The molecule has 1 N–H and O–H groups in total. The molecule has 9 heteroatoms. The standard InChI is InChI=1S/C26H33N5O4/c1-19(2)26(33)30-16-14-28(15-17-30)22-9-7-21(8-10-22)27-25(32)20-6-11-23(24(18-20)31(34)35)29-12-4-3-5-13-29/h6-11,18-19H,3-5,12-17H2,1-2H3,(H,27,32). The highest BCUT2D eigenvalue weighted by molar-refractivity contribution is 6.05. The molecular weight excluding hydrogens is 446 g/mol. The van der Waals surface area contributed by atoms with Crippen molar-refractivity contribution in [3.63, 3.8) is 0 Å². The van der Waals surface area contributed by atoms with Crippen LogP contribution in [0.1, 0.15) is 43.5 Å². The third kappa shape index (κ3) is 5.72. The van der Waals surface area contributed by atoms with Gasteiger partial charge in [-0.2, -0.15) is 0 Å². The van der Waals surface area contributed by atoms with Crippen LogP contribution < -0.4 is 15.1 Å². The Morgan fingerprint density at radius 1 is 0.886 bits per heavy atom. The molecule has 2 amide bonds. The lowest BCUT2D eigenvalue weighted by atomic mass is 10.1. The maximum Gasteiger partial charge on any atom is 0.293 e. The minimum Gasteiger partial charge on any atom is -0.368 e. The number of hydrogen-bond donors (Lipinski definition) is 1. The monoisotopic (exact) mass is 479 g/mol. The molecule has 0 radical (unpaired) electrons. The zero-order valence-corrected chi connectivity index (χ0v) is 20.4. The number of carbonyl (C=O) groups excluding carboxylic acids is 2. The van der Waals surface area contributed by atoms with Crippen LogP contribution in [0.3, 0.4) is 0 Å². The third-order valence-corrected chi connectivity index (χ3v) is 6.71. The molecule has 0 bridgehead atoms. The van der Waals surface area contributed by atoms with Crippen LogP contribution in [0, 0.1) is 16.0 Å². The highest BCUT2D eigenvalue weighted by Crippen LogP contribution is 2.31. The molecule has 2 aromatic rings. The van der Waals surface area contributed by atoms with Gasteiger partial charge in [-0.15, -0.1) is 0 Å². The van der Waals surface area contributed by atoms with Crippen LogP contribution in [-0.4, -0.2) is 60.9 Å². The molecule has 2 fully saturated rings. The molecule has 186 valence electrons. The van der Waals surface area contributed by atoms with Gasteiger partial charge >= 0.3 is 0 Å². The summed E-state index contributed by atoms with van der Waals surface area (Å²) >= 11 is 0. The normalized spacial score (nSPS) is 16.4. The first-order valence-corrected chi connectivity index (χ1v) is 12.3. The molecule has 0 saturated carbocycles. The average Bonchev–Trinajstić information content (AvgIpc) is 2.89. The van der Waals surface area contributed by atoms with Gasteiger partial charge in [0.05, 0.1) is 4.92 Å². The summed E-state index contributed by atoms with van der Waals surface area (Å²) < 4.78 is 0.